The van der Waals surface area contributed by atoms with Crippen LogP contribution in [0, 0.1) is 5.82 Å². The minimum atomic E-state index is -0.534. The Kier molecular flexibility index (Phi) is 4.24. The molecule has 2 heterocycles. The van der Waals surface area contributed by atoms with Gasteiger partial charge < -0.3 is 14.4 Å². The first-order valence-electron chi connectivity index (χ1n) is 7.37. The molecule has 3 rings (SSSR count). The van der Waals surface area contributed by atoms with Crippen LogP contribution in [0.3, 0.4) is 0 Å². The number of carbonyl (C=O) groups excluding carboxylic acids is 1. The number of nitrogens with zero attached hydrogens (tertiary/aromatic N) is 1. The molecule has 2 aromatic rings. The van der Waals surface area contributed by atoms with E-state index in [4.69, 9.17) is 4.42 Å². The summed E-state index contributed by atoms with van der Waals surface area (Å²) in [5, 5.41) is 9.90. The first kappa shape index (κ1) is 14.8. The van der Waals surface area contributed by atoms with Crippen LogP contribution in [0.25, 0.3) is 0 Å². The zero-order chi connectivity index (χ0) is 15.5. The van der Waals surface area contributed by atoms with E-state index in [1.165, 1.54) is 12.1 Å². The second kappa shape index (κ2) is 6.32. The van der Waals surface area contributed by atoms with Crippen molar-refractivity contribution in [2.75, 3.05) is 6.54 Å². The topological polar surface area (TPSA) is 53.7 Å². The highest BCUT2D eigenvalue weighted by molar-refractivity contribution is 5.77. The molecule has 0 saturated carbocycles. The van der Waals surface area contributed by atoms with Gasteiger partial charge in [-0.15, -0.1) is 0 Å². The molecule has 1 aliphatic heterocycles. The first-order chi connectivity index (χ1) is 10.6. The van der Waals surface area contributed by atoms with E-state index in [1.807, 2.05) is 6.07 Å². The minimum absolute atomic E-state index is 0.00734. The maximum absolute atomic E-state index is 13.0. The molecule has 2 atom stereocenters. The highest BCUT2D eigenvalue weighted by atomic mass is 19.1. The van der Waals surface area contributed by atoms with Gasteiger partial charge in [-0.1, -0.05) is 12.1 Å². The maximum Gasteiger partial charge on any atom is 0.223 e. The van der Waals surface area contributed by atoms with Gasteiger partial charge in [0, 0.05) is 13.0 Å². The molecule has 5 heteroatoms. The van der Waals surface area contributed by atoms with Crippen molar-refractivity contribution in [3.8, 4) is 0 Å². The SMILES string of the molecule is O=C(CCc1ccoc1)N1C[C@H](O)C[C@H]1c1ccc(F)cc1. The number of amides is 1. The average molecular weight is 303 g/mol. The summed E-state index contributed by atoms with van der Waals surface area (Å²) in [4.78, 5) is 14.1. The summed E-state index contributed by atoms with van der Waals surface area (Å²) >= 11 is 0. The summed E-state index contributed by atoms with van der Waals surface area (Å²) in [6.07, 6.45) is 4.14. The van der Waals surface area contributed by atoms with Crippen molar-refractivity contribution in [2.24, 2.45) is 0 Å². The van der Waals surface area contributed by atoms with Crippen LogP contribution in [0.2, 0.25) is 0 Å². The van der Waals surface area contributed by atoms with E-state index in [-0.39, 0.29) is 17.8 Å². The zero-order valence-corrected chi connectivity index (χ0v) is 12.1. The predicted molar refractivity (Wildman–Crippen MR) is 78.5 cm³/mol. The Morgan fingerprint density at radius 1 is 1.32 bits per heavy atom. The van der Waals surface area contributed by atoms with Crippen molar-refractivity contribution in [1.82, 2.24) is 4.90 Å². The van der Waals surface area contributed by atoms with Gasteiger partial charge in [0.05, 0.1) is 24.7 Å². The molecule has 22 heavy (non-hydrogen) atoms. The molecule has 1 aromatic heterocycles. The van der Waals surface area contributed by atoms with E-state index >= 15 is 0 Å². The molecule has 1 aliphatic rings. The molecule has 4 nitrogen and oxygen atoms in total. The summed E-state index contributed by atoms with van der Waals surface area (Å²) in [5.41, 5.74) is 1.83. The molecule has 0 unspecified atom stereocenters. The predicted octanol–water partition coefficient (Wildman–Crippen LogP) is 2.69. The second-order valence-electron chi connectivity index (χ2n) is 5.63. The molecule has 1 N–H and O–H groups in total. The smallest absolute Gasteiger partial charge is 0.223 e. The highest BCUT2D eigenvalue weighted by Gasteiger charge is 2.34. The largest absolute Gasteiger partial charge is 0.472 e. The van der Waals surface area contributed by atoms with E-state index in [0.29, 0.717) is 25.8 Å². The molecule has 0 spiro atoms. The maximum atomic E-state index is 13.0. The number of halogens is 1. The molecule has 116 valence electrons. The lowest BCUT2D eigenvalue weighted by molar-refractivity contribution is -0.132. The lowest BCUT2D eigenvalue weighted by atomic mass is 10.0. The number of aryl methyl sites for hydroxylation is 1. The van der Waals surface area contributed by atoms with Crippen molar-refractivity contribution in [3.63, 3.8) is 0 Å². The fourth-order valence-corrected chi connectivity index (χ4v) is 2.92. The third kappa shape index (κ3) is 3.20. The summed E-state index contributed by atoms with van der Waals surface area (Å²) in [6, 6.07) is 7.77. The Morgan fingerprint density at radius 2 is 2.09 bits per heavy atom. The molecule has 0 bridgehead atoms. The van der Waals surface area contributed by atoms with E-state index in [9.17, 15) is 14.3 Å². The van der Waals surface area contributed by atoms with Gasteiger partial charge >= 0.3 is 0 Å². The molecule has 1 saturated heterocycles. The Balaban J connectivity index is 1.69. The third-order valence-electron chi connectivity index (χ3n) is 4.06. The van der Waals surface area contributed by atoms with Gasteiger partial charge in [-0.3, -0.25) is 4.79 Å². The Morgan fingerprint density at radius 3 is 2.77 bits per heavy atom. The molecule has 0 aliphatic carbocycles. The lowest BCUT2D eigenvalue weighted by Crippen LogP contribution is -2.31. The monoisotopic (exact) mass is 303 g/mol. The zero-order valence-electron chi connectivity index (χ0n) is 12.1. The number of rotatable bonds is 4. The van der Waals surface area contributed by atoms with Crippen LogP contribution in [-0.2, 0) is 11.2 Å². The standard InChI is InChI=1S/C17H18FNO3/c18-14-4-2-13(3-5-14)16-9-15(20)10-19(16)17(21)6-1-12-7-8-22-11-12/h2-5,7-8,11,15-16,20H,1,6,9-10H2/t15-,16+/m1/s1. The summed E-state index contributed by atoms with van der Waals surface area (Å²) in [6.45, 7) is 0.326. The van der Waals surface area contributed by atoms with E-state index in [0.717, 1.165) is 11.1 Å². The first-order valence-corrected chi connectivity index (χ1v) is 7.37. The Bertz CT molecular complexity index is 624. The van der Waals surface area contributed by atoms with E-state index < -0.39 is 6.10 Å². The third-order valence-corrected chi connectivity index (χ3v) is 4.06. The fourth-order valence-electron chi connectivity index (χ4n) is 2.92. The van der Waals surface area contributed by atoms with Crippen molar-refractivity contribution in [3.05, 3.63) is 59.8 Å². The molecule has 1 amide bonds. The number of hydrogen-bond donors (Lipinski definition) is 1. The lowest BCUT2D eigenvalue weighted by Gasteiger charge is -2.24. The number of carbonyl (C=O) groups is 1. The second-order valence-corrected chi connectivity index (χ2v) is 5.63. The number of aliphatic hydroxyl groups excluding tert-OH is 1. The van der Waals surface area contributed by atoms with Crippen molar-refractivity contribution < 1.29 is 18.7 Å². The number of furan rings is 1. The van der Waals surface area contributed by atoms with Crippen LogP contribution in [0.1, 0.15) is 30.0 Å². The number of β-amino-alcohol motifs (C(OH)–C–C–N with tert-alkyl or cyclic N) is 1. The quantitative estimate of drug-likeness (QED) is 0.945. The molecule has 0 radical (unpaired) electrons. The van der Waals surface area contributed by atoms with Gasteiger partial charge in [0.15, 0.2) is 0 Å². The molecule has 1 aromatic carbocycles. The Hall–Kier alpha value is -2.14. The van der Waals surface area contributed by atoms with Gasteiger partial charge in [0.2, 0.25) is 5.91 Å². The van der Waals surface area contributed by atoms with Crippen LogP contribution >= 0.6 is 0 Å². The molecular formula is C17H18FNO3. The number of likely N-dealkylation sites (tertiary alicyclic amines) is 1. The minimum Gasteiger partial charge on any atom is -0.472 e. The average Bonchev–Trinajstić information content (AvgIpc) is 3.15. The van der Waals surface area contributed by atoms with Crippen LogP contribution in [-0.4, -0.2) is 28.6 Å². The van der Waals surface area contributed by atoms with Gasteiger partial charge in [0.1, 0.15) is 5.82 Å². The van der Waals surface area contributed by atoms with Crippen LogP contribution in [0.5, 0.6) is 0 Å². The fraction of sp³-hybridized carbons (Fsp3) is 0.353. The Labute approximate surface area is 128 Å². The number of benzene rings is 1. The van der Waals surface area contributed by atoms with Crippen LogP contribution < -0.4 is 0 Å². The van der Waals surface area contributed by atoms with Gasteiger partial charge in [0.25, 0.3) is 0 Å². The normalized spacial score (nSPS) is 21.3. The summed E-state index contributed by atoms with van der Waals surface area (Å²) < 4.78 is 18.0. The van der Waals surface area contributed by atoms with E-state index in [1.54, 1.807) is 29.6 Å². The molecular weight excluding hydrogens is 285 g/mol. The van der Waals surface area contributed by atoms with Crippen molar-refractivity contribution in [1.29, 1.82) is 0 Å². The highest BCUT2D eigenvalue weighted by Crippen LogP contribution is 2.32. The molecule has 1 fully saturated rings. The van der Waals surface area contributed by atoms with Crippen molar-refractivity contribution >= 4 is 5.91 Å². The summed E-state index contributed by atoms with van der Waals surface area (Å²) in [7, 11) is 0. The van der Waals surface area contributed by atoms with Crippen LogP contribution in [0.15, 0.2) is 47.3 Å². The van der Waals surface area contributed by atoms with Gasteiger partial charge in [-0.25, -0.2) is 4.39 Å². The number of hydrogen-bond acceptors (Lipinski definition) is 3. The number of aliphatic hydroxyl groups is 1. The van der Waals surface area contributed by atoms with Crippen LogP contribution in [0.4, 0.5) is 4.39 Å². The van der Waals surface area contributed by atoms with Gasteiger partial charge in [-0.2, -0.15) is 0 Å². The summed E-state index contributed by atoms with van der Waals surface area (Å²) in [5.74, 6) is -0.313. The van der Waals surface area contributed by atoms with Crippen molar-refractivity contribution in [2.45, 2.75) is 31.4 Å². The van der Waals surface area contributed by atoms with E-state index in [2.05, 4.69) is 0 Å². The van der Waals surface area contributed by atoms with Gasteiger partial charge in [-0.05, 0) is 42.2 Å².